The number of ether oxygens (including phenoxy) is 1. The summed E-state index contributed by atoms with van der Waals surface area (Å²) in [6.07, 6.45) is -0.824. The van der Waals surface area contributed by atoms with Gasteiger partial charge in [-0.05, 0) is 47.1 Å². The van der Waals surface area contributed by atoms with Crippen LogP contribution in [0.25, 0.3) is 0 Å². The molecule has 0 saturated heterocycles. The van der Waals surface area contributed by atoms with E-state index in [9.17, 15) is 23.1 Å². The Kier molecular flexibility index (Phi) is 7.65. The third-order valence-corrected chi connectivity index (χ3v) is 6.82. The van der Waals surface area contributed by atoms with Crippen LogP contribution in [0.2, 0.25) is 0 Å². The quantitative estimate of drug-likeness (QED) is 0.716. The predicted molar refractivity (Wildman–Crippen MR) is 112 cm³/mol. The molecule has 0 unspecified atom stereocenters. The van der Waals surface area contributed by atoms with Crippen LogP contribution in [0.1, 0.15) is 47.1 Å². The van der Waals surface area contributed by atoms with E-state index in [0.29, 0.717) is 0 Å². The van der Waals surface area contributed by atoms with E-state index >= 15 is 0 Å². The number of carboxylic acid groups (broad SMARTS) is 1. The molecule has 8 heteroatoms. The van der Waals surface area contributed by atoms with Gasteiger partial charge in [0, 0.05) is 12.0 Å². The van der Waals surface area contributed by atoms with Crippen LogP contribution in [0.5, 0.6) is 0 Å². The Labute approximate surface area is 173 Å². The van der Waals surface area contributed by atoms with E-state index in [1.807, 2.05) is 6.07 Å². The second-order valence-electron chi connectivity index (χ2n) is 8.79. The van der Waals surface area contributed by atoms with Crippen molar-refractivity contribution in [3.63, 3.8) is 0 Å². The van der Waals surface area contributed by atoms with Crippen LogP contribution in [-0.2, 0) is 25.8 Å². The summed E-state index contributed by atoms with van der Waals surface area (Å²) in [6.45, 7) is 12.6. The van der Waals surface area contributed by atoms with Gasteiger partial charge < -0.3 is 9.84 Å². The molecule has 1 aromatic rings. The fourth-order valence-corrected chi connectivity index (χ4v) is 3.80. The van der Waals surface area contributed by atoms with Gasteiger partial charge in [0.05, 0.1) is 9.65 Å². The van der Waals surface area contributed by atoms with Crippen LogP contribution in [0.4, 0.5) is 4.79 Å². The lowest BCUT2D eigenvalue weighted by Crippen LogP contribution is -2.55. The second-order valence-corrected chi connectivity index (χ2v) is 11.6. The zero-order valence-corrected chi connectivity index (χ0v) is 18.7. The van der Waals surface area contributed by atoms with Crippen LogP contribution >= 0.6 is 0 Å². The van der Waals surface area contributed by atoms with Crippen LogP contribution in [0.3, 0.4) is 0 Å². The standard InChI is InChI=1S/C21H31NO6S/c1-15(29(26,27)21(5,6)7)14-28-19(25)22(20(2,3)4)17(18(23)24)13-16-11-9-8-10-12-16/h8-12,17H,1,13-14H2,2-7H3,(H,23,24)/t17-/m0/s1. The smallest absolute Gasteiger partial charge is 0.411 e. The minimum atomic E-state index is -3.72. The topological polar surface area (TPSA) is 101 Å². The maximum absolute atomic E-state index is 12.8. The highest BCUT2D eigenvalue weighted by Crippen LogP contribution is 2.25. The lowest BCUT2D eigenvalue weighted by Gasteiger charge is -2.39. The molecule has 0 aliphatic heterocycles. The largest absolute Gasteiger partial charge is 0.480 e. The van der Waals surface area contributed by atoms with Gasteiger partial charge >= 0.3 is 12.1 Å². The molecule has 0 aliphatic rings. The van der Waals surface area contributed by atoms with Gasteiger partial charge in [0.15, 0.2) is 9.84 Å². The molecule has 0 heterocycles. The third kappa shape index (κ3) is 6.32. The van der Waals surface area contributed by atoms with E-state index in [-0.39, 0.29) is 11.3 Å². The van der Waals surface area contributed by atoms with Gasteiger partial charge in [-0.1, -0.05) is 36.9 Å². The van der Waals surface area contributed by atoms with Crippen molar-refractivity contribution in [1.82, 2.24) is 4.90 Å². The monoisotopic (exact) mass is 425 g/mol. The summed E-state index contributed by atoms with van der Waals surface area (Å²) >= 11 is 0. The Balaban J connectivity index is 3.09. The van der Waals surface area contributed by atoms with Gasteiger partial charge in [0.25, 0.3) is 0 Å². The maximum atomic E-state index is 12.8. The lowest BCUT2D eigenvalue weighted by atomic mass is 9.98. The minimum Gasteiger partial charge on any atom is -0.480 e. The van der Waals surface area contributed by atoms with Gasteiger partial charge in [-0.2, -0.15) is 0 Å². The van der Waals surface area contributed by atoms with Gasteiger partial charge in [-0.15, -0.1) is 0 Å². The van der Waals surface area contributed by atoms with E-state index in [1.165, 1.54) is 20.8 Å². The number of carboxylic acids is 1. The zero-order valence-electron chi connectivity index (χ0n) is 17.9. The Morgan fingerprint density at radius 1 is 1.10 bits per heavy atom. The lowest BCUT2D eigenvalue weighted by molar-refractivity contribution is -0.144. The number of hydrogen-bond acceptors (Lipinski definition) is 5. The first kappa shape index (κ1) is 24.7. The van der Waals surface area contributed by atoms with Crippen molar-refractivity contribution in [2.45, 2.75) is 64.3 Å². The molecule has 0 fully saturated rings. The van der Waals surface area contributed by atoms with Crippen LogP contribution < -0.4 is 0 Å². The van der Waals surface area contributed by atoms with Crippen molar-refractivity contribution < 1.29 is 27.9 Å². The normalized spacial score (nSPS) is 13.4. The number of hydrogen-bond donors (Lipinski definition) is 1. The predicted octanol–water partition coefficient (Wildman–Crippen LogP) is 3.65. The Bertz CT molecular complexity index is 847. The number of carbonyl (C=O) groups is 2. The zero-order chi connectivity index (χ0) is 22.6. The summed E-state index contributed by atoms with van der Waals surface area (Å²) < 4.78 is 28.9. The number of amides is 1. The molecular formula is C21H31NO6S. The molecule has 0 saturated carbocycles. The number of sulfone groups is 1. The molecule has 1 aromatic carbocycles. The Morgan fingerprint density at radius 3 is 2.03 bits per heavy atom. The van der Waals surface area contributed by atoms with Crippen molar-refractivity contribution in [3.8, 4) is 0 Å². The summed E-state index contributed by atoms with van der Waals surface area (Å²) in [5, 5.41) is 9.77. The molecule has 7 nitrogen and oxygen atoms in total. The van der Waals surface area contributed by atoms with E-state index < -0.39 is 44.8 Å². The number of aliphatic carboxylic acids is 1. The molecule has 0 bridgehead atoms. The fraction of sp³-hybridized carbons (Fsp3) is 0.524. The molecule has 0 radical (unpaired) electrons. The van der Waals surface area contributed by atoms with Crippen LogP contribution in [-0.4, -0.2) is 53.4 Å². The third-order valence-electron chi connectivity index (χ3n) is 4.33. The van der Waals surface area contributed by atoms with Gasteiger partial charge in [-0.25, -0.2) is 18.0 Å². The second kappa shape index (κ2) is 8.98. The number of rotatable bonds is 7. The number of carbonyl (C=O) groups excluding carboxylic acids is 1. The van der Waals surface area contributed by atoms with E-state index in [4.69, 9.17) is 4.74 Å². The van der Waals surface area contributed by atoms with E-state index in [0.717, 1.165) is 10.5 Å². The number of nitrogens with zero attached hydrogens (tertiary/aromatic N) is 1. The highest BCUT2D eigenvalue weighted by atomic mass is 32.2. The van der Waals surface area contributed by atoms with Crippen LogP contribution in [0, 0.1) is 0 Å². The number of benzene rings is 1. The maximum Gasteiger partial charge on any atom is 0.411 e. The Morgan fingerprint density at radius 2 is 1.62 bits per heavy atom. The average molecular weight is 426 g/mol. The SMILES string of the molecule is C=C(COC(=O)N([C@@H](Cc1ccccc1)C(=O)O)C(C)(C)C)S(=O)(=O)C(C)(C)C. The fourth-order valence-electron chi connectivity index (χ4n) is 2.72. The first-order valence-corrected chi connectivity index (χ1v) is 10.7. The molecule has 0 aliphatic carbocycles. The first-order valence-electron chi connectivity index (χ1n) is 9.24. The molecule has 0 aromatic heterocycles. The van der Waals surface area contributed by atoms with Gasteiger partial charge in [-0.3, -0.25) is 4.90 Å². The van der Waals surface area contributed by atoms with Gasteiger partial charge in [0.2, 0.25) is 0 Å². The van der Waals surface area contributed by atoms with Crippen molar-refractivity contribution in [2.24, 2.45) is 0 Å². The molecule has 162 valence electrons. The summed E-state index contributed by atoms with van der Waals surface area (Å²) in [4.78, 5) is 25.7. The first-order chi connectivity index (χ1) is 13.1. The van der Waals surface area contributed by atoms with E-state index in [2.05, 4.69) is 6.58 Å². The molecular weight excluding hydrogens is 394 g/mol. The molecule has 1 amide bonds. The average Bonchev–Trinajstić information content (AvgIpc) is 2.57. The van der Waals surface area contributed by atoms with Crippen molar-refractivity contribution in [1.29, 1.82) is 0 Å². The highest BCUT2D eigenvalue weighted by molar-refractivity contribution is 7.96. The highest BCUT2D eigenvalue weighted by Gasteiger charge is 2.39. The van der Waals surface area contributed by atoms with Crippen LogP contribution in [0.15, 0.2) is 41.8 Å². The molecule has 1 atom stereocenters. The van der Waals surface area contributed by atoms with Crippen molar-refractivity contribution in [2.75, 3.05) is 6.61 Å². The Hall–Kier alpha value is -2.35. The summed E-state index contributed by atoms with van der Waals surface area (Å²) in [5.74, 6) is -1.18. The molecule has 1 rings (SSSR count). The summed E-state index contributed by atoms with van der Waals surface area (Å²) in [7, 11) is -3.72. The van der Waals surface area contributed by atoms with Crippen molar-refractivity contribution >= 4 is 21.9 Å². The molecule has 0 spiro atoms. The minimum absolute atomic E-state index is 0.0871. The molecule has 29 heavy (non-hydrogen) atoms. The van der Waals surface area contributed by atoms with Crippen molar-refractivity contribution in [3.05, 3.63) is 47.4 Å². The summed E-state index contributed by atoms with van der Waals surface area (Å²) in [5.41, 5.74) is -0.124. The molecule has 1 N–H and O–H groups in total. The van der Waals surface area contributed by atoms with E-state index in [1.54, 1.807) is 45.0 Å². The van der Waals surface area contributed by atoms with Gasteiger partial charge in [0.1, 0.15) is 12.6 Å². The summed E-state index contributed by atoms with van der Waals surface area (Å²) in [6, 6.07) is 7.76.